The summed E-state index contributed by atoms with van der Waals surface area (Å²) in [6, 6.07) is 21.5. The normalized spacial score (nSPS) is 12.1. The van der Waals surface area contributed by atoms with Gasteiger partial charge in [0, 0.05) is 17.5 Å². The van der Waals surface area contributed by atoms with Crippen LogP contribution in [0.1, 0.15) is 30.2 Å². The molecule has 0 saturated carbocycles. The van der Waals surface area contributed by atoms with Crippen LogP contribution in [0.25, 0.3) is 16.7 Å². The van der Waals surface area contributed by atoms with Gasteiger partial charge in [-0.05, 0) is 56.9 Å². The quantitative estimate of drug-likeness (QED) is 0.485. The Balaban J connectivity index is 1.60. The topological polar surface area (TPSA) is 68.9 Å². The highest BCUT2D eigenvalue weighted by atomic mass is 16.2. The Hall–Kier alpha value is -3.67. The van der Waals surface area contributed by atoms with Crippen LogP contribution in [0.3, 0.4) is 0 Å². The molecule has 4 aromatic rings. The van der Waals surface area contributed by atoms with Gasteiger partial charge in [0.15, 0.2) is 0 Å². The van der Waals surface area contributed by atoms with Crippen LogP contribution in [0.2, 0.25) is 0 Å². The van der Waals surface area contributed by atoms with Crippen LogP contribution in [0, 0.1) is 13.8 Å². The van der Waals surface area contributed by atoms with E-state index in [4.69, 9.17) is 0 Å². The standard InChI is InChI=1S/C26H28N4O2/c1-18-16-24(32)29(17-23(31)27-19(2)14-15-21-10-6-4-7-11-21)26-25(18)20(3)28-30(26)22-12-8-5-9-13-22/h4-13,16,19H,14-15,17H2,1-3H3,(H,27,31). The number of rotatable bonds is 7. The highest BCUT2D eigenvalue weighted by Gasteiger charge is 2.19. The summed E-state index contributed by atoms with van der Waals surface area (Å²) in [6.45, 7) is 5.77. The molecule has 1 atom stereocenters. The zero-order valence-electron chi connectivity index (χ0n) is 18.7. The molecule has 0 radical (unpaired) electrons. The second-order valence-corrected chi connectivity index (χ2v) is 8.28. The number of fused-ring (bicyclic) bond motifs is 1. The van der Waals surface area contributed by atoms with Crippen molar-refractivity contribution in [1.29, 1.82) is 0 Å². The Kier molecular flexibility index (Phi) is 6.21. The molecule has 2 heterocycles. The van der Waals surface area contributed by atoms with Gasteiger partial charge in [0.1, 0.15) is 12.2 Å². The Morgan fingerprint density at radius 3 is 2.38 bits per heavy atom. The molecule has 1 amide bonds. The number of pyridine rings is 1. The molecule has 1 unspecified atom stereocenters. The summed E-state index contributed by atoms with van der Waals surface area (Å²) in [7, 11) is 0. The summed E-state index contributed by atoms with van der Waals surface area (Å²) in [5, 5.41) is 8.62. The number of nitrogens with one attached hydrogen (secondary N) is 1. The van der Waals surface area contributed by atoms with E-state index in [0.717, 1.165) is 35.2 Å². The summed E-state index contributed by atoms with van der Waals surface area (Å²) in [5.74, 6) is -0.184. The molecule has 0 saturated heterocycles. The Morgan fingerprint density at radius 1 is 1.03 bits per heavy atom. The Labute approximate surface area is 187 Å². The van der Waals surface area contributed by atoms with Crippen molar-refractivity contribution in [1.82, 2.24) is 19.7 Å². The van der Waals surface area contributed by atoms with E-state index in [0.29, 0.717) is 5.65 Å². The van der Waals surface area contributed by atoms with E-state index in [-0.39, 0.29) is 24.1 Å². The highest BCUT2D eigenvalue weighted by molar-refractivity contribution is 5.85. The molecule has 0 bridgehead atoms. The van der Waals surface area contributed by atoms with Crippen molar-refractivity contribution in [2.24, 2.45) is 0 Å². The van der Waals surface area contributed by atoms with Crippen LogP contribution < -0.4 is 10.9 Å². The summed E-state index contributed by atoms with van der Waals surface area (Å²) >= 11 is 0. The largest absolute Gasteiger partial charge is 0.352 e. The van der Waals surface area contributed by atoms with Gasteiger partial charge in [0.05, 0.1) is 11.4 Å². The molecule has 0 spiro atoms. The van der Waals surface area contributed by atoms with Gasteiger partial charge in [-0.2, -0.15) is 5.10 Å². The number of aromatic nitrogens is 3. The number of nitrogens with zero attached hydrogens (tertiary/aromatic N) is 3. The minimum atomic E-state index is -0.209. The maximum atomic E-state index is 12.9. The van der Waals surface area contributed by atoms with Crippen molar-refractivity contribution in [2.75, 3.05) is 0 Å². The number of amides is 1. The van der Waals surface area contributed by atoms with E-state index in [2.05, 4.69) is 22.5 Å². The van der Waals surface area contributed by atoms with Gasteiger partial charge in [0.25, 0.3) is 5.56 Å². The molecule has 0 aliphatic rings. The van der Waals surface area contributed by atoms with Crippen molar-refractivity contribution >= 4 is 16.9 Å². The fraction of sp³-hybridized carbons (Fsp3) is 0.269. The molecule has 0 fully saturated rings. The second-order valence-electron chi connectivity index (χ2n) is 8.28. The van der Waals surface area contributed by atoms with Gasteiger partial charge < -0.3 is 5.32 Å². The van der Waals surface area contributed by atoms with Crippen molar-refractivity contribution in [3.05, 3.63) is 93.9 Å². The summed E-state index contributed by atoms with van der Waals surface area (Å²) in [4.78, 5) is 25.8. The van der Waals surface area contributed by atoms with Crippen LogP contribution in [-0.4, -0.2) is 26.3 Å². The average Bonchev–Trinajstić information content (AvgIpc) is 3.14. The number of hydrogen-bond acceptors (Lipinski definition) is 3. The summed E-state index contributed by atoms with van der Waals surface area (Å²) in [5.41, 5.74) is 4.21. The van der Waals surface area contributed by atoms with E-state index in [1.165, 1.54) is 10.1 Å². The molecule has 0 aliphatic heterocycles. The van der Waals surface area contributed by atoms with E-state index in [1.807, 2.05) is 69.3 Å². The first kappa shape index (κ1) is 21.6. The van der Waals surface area contributed by atoms with Crippen molar-refractivity contribution in [3.8, 4) is 5.69 Å². The lowest BCUT2D eigenvalue weighted by Gasteiger charge is -2.16. The third-order valence-corrected chi connectivity index (χ3v) is 5.71. The van der Waals surface area contributed by atoms with Gasteiger partial charge in [-0.1, -0.05) is 48.5 Å². The van der Waals surface area contributed by atoms with Crippen LogP contribution in [0.5, 0.6) is 0 Å². The fourth-order valence-electron chi connectivity index (χ4n) is 4.13. The first-order chi connectivity index (χ1) is 15.4. The lowest BCUT2D eigenvalue weighted by molar-refractivity contribution is -0.122. The second kappa shape index (κ2) is 9.22. The van der Waals surface area contributed by atoms with E-state index >= 15 is 0 Å². The molecule has 2 aromatic carbocycles. The average molecular weight is 429 g/mol. The van der Waals surface area contributed by atoms with Crippen molar-refractivity contribution in [2.45, 2.75) is 46.2 Å². The molecule has 6 nitrogen and oxygen atoms in total. The van der Waals surface area contributed by atoms with Gasteiger partial charge >= 0.3 is 0 Å². The molecule has 32 heavy (non-hydrogen) atoms. The zero-order chi connectivity index (χ0) is 22.7. The Morgan fingerprint density at radius 2 is 1.69 bits per heavy atom. The summed E-state index contributed by atoms with van der Waals surface area (Å²) in [6.07, 6.45) is 1.71. The third kappa shape index (κ3) is 4.49. The van der Waals surface area contributed by atoms with Gasteiger partial charge in [-0.15, -0.1) is 0 Å². The van der Waals surface area contributed by atoms with Crippen molar-refractivity contribution < 1.29 is 4.79 Å². The predicted octanol–water partition coefficient (Wildman–Crippen LogP) is 3.94. The SMILES string of the molecule is Cc1cc(=O)n(CC(=O)NC(C)CCc2ccccc2)c2c1c(C)nn2-c1ccccc1. The van der Waals surface area contributed by atoms with Gasteiger partial charge in [-0.25, -0.2) is 4.68 Å². The third-order valence-electron chi connectivity index (χ3n) is 5.71. The number of para-hydroxylation sites is 1. The van der Waals surface area contributed by atoms with Crippen LogP contribution >= 0.6 is 0 Å². The van der Waals surface area contributed by atoms with Crippen molar-refractivity contribution in [3.63, 3.8) is 0 Å². The minimum absolute atomic E-state index is 0.000109. The molecular weight excluding hydrogens is 400 g/mol. The van der Waals surface area contributed by atoms with E-state index in [1.54, 1.807) is 10.7 Å². The maximum Gasteiger partial charge on any atom is 0.252 e. The Bertz CT molecular complexity index is 1290. The molecule has 6 heteroatoms. The van der Waals surface area contributed by atoms with Crippen LogP contribution in [0.15, 0.2) is 71.5 Å². The monoisotopic (exact) mass is 428 g/mol. The molecule has 1 N–H and O–H groups in total. The molecular formula is C26H28N4O2. The highest BCUT2D eigenvalue weighted by Crippen LogP contribution is 2.23. The molecule has 0 aliphatic carbocycles. The van der Waals surface area contributed by atoms with Crippen LogP contribution in [0.4, 0.5) is 0 Å². The predicted molar refractivity (Wildman–Crippen MR) is 127 cm³/mol. The lowest BCUT2D eigenvalue weighted by Crippen LogP contribution is -2.38. The van der Waals surface area contributed by atoms with E-state index in [9.17, 15) is 9.59 Å². The molecule has 4 rings (SSSR count). The first-order valence-electron chi connectivity index (χ1n) is 10.9. The number of carbonyl (C=O) groups is 1. The number of carbonyl (C=O) groups excluding carboxylic acids is 1. The molecule has 2 aromatic heterocycles. The smallest absolute Gasteiger partial charge is 0.252 e. The van der Waals surface area contributed by atoms with E-state index < -0.39 is 0 Å². The van der Waals surface area contributed by atoms with Crippen LogP contribution in [-0.2, 0) is 17.8 Å². The minimum Gasteiger partial charge on any atom is -0.352 e. The number of hydrogen-bond donors (Lipinski definition) is 1. The lowest BCUT2D eigenvalue weighted by atomic mass is 10.1. The number of aryl methyl sites for hydroxylation is 3. The molecule has 164 valence electrons. The fourth-order valence-corrected chi connectivity index (χ4v) is 4.13. The zero-order valence-corrected chi connectivity index (χ0v) is 18.7. The van der Waals surface area contributed by atoms with Gasteiger partial charge in [-0.3, -0.25) is 14.2 Å². The number of benzene rings is 2. The van der Waals surface area contributed by atoms with Gasteiger partial charge in [0.2, 0.25) is 5.91 Å². The maximum absolute atomic E-state index is 12.9. The first-order valence-corrected chi connectivity index (χ1v) is 10.9. The summed E-state index contributed by atoms with van der Waals surface area (Å²) < 4.78 is 3.28.